The third kappa shape index (κ3) is 8.45. The summed E-state index contributed by atoms with van der Waals surface area (Å²) in [6.07, 6.45) is 0.484. The number of nitrogens with one attached hydrogen (secondary N) is 1. The molecule has 0 spiro atoms. The van der Waals surface area contributed by atoms with E-state index in [-0.39, 0.29) is 18.0 Å². The molecule has 0 saturated carbocycles. The van der Waals surface area contributed by atoms with Gasteiger partial charge >= 0.3 is 12.1 Å². The predicted octanol–water partition coefficient (Wildman–Crippen LogP) is 3.50. The molecule has 0 aliphatic heterocycles. The van der Waals surface area contributed by atoms with Gasteiger partial charge in [0.2, 0.25) is 0 Å². The van der Waals surface area contributed by atoms with Crippen LogP contribution in [0.15, 0.2) is 30.3 Å². The molecular weight excluding hydrogens is 318 g/mol. The lowest BCUT2D eigenvalue weighted by molar-refractivity contribution is -0.146. The Balaban J connectivity index is 2.53. The Hall–Kier alpha value is -1.75. The van der Waals surface area contributed by atoms with Gasteiger partial charge in [-0.1, -0.05) is 41.9 Å². The number of carbonyl (C=O) groups is 2. The molecule has 0 radical (unpaired) electrons. The van der Waals surface area contributed by atoms with Gasteiger partial charge in [0.15, 0.2) is 6.07 Å². The molecule has 1 unspecified atom stereocenters. The molecule has 23 heavy (non-hydrogen) atoms. The third-order valence-electron chi connectivity index (χ3n) is 3.02. The quantitative estimate of drug-likeness (QED) is 0.609. The predicted molar refractivity (Wildman–Crippen MR) is 89.3 cm³/mol. The van der Waals surface area contributed by atoms with Crippen LogP contribution in [0.1, 0.15) is 32.8 Å². The Morgan fingerprint density at radius 3 is 2.43 bits per heavy atom. The van der Waals surface area contributed by atoms with E-state index in [0.29, 0.717) is 19.4 Å². The van der Waals surface area contributed by atoms with Crippen LogP contribution in [0.4, 0.5) is 4.79 Å². The van der Waals surface area contributed by atoms with Gasteiger partial charge in [-0.15, -0.1) is 0 Å². The molecule has 0 aromatic heterocycles. The van der Waals surface area contributed by atoms with E-state index in [1.807, 2.05) is 30.3 Å². The van der Waals surface area contributed by atoms with E-state index in [4.69, 9.17) is 21.1 Å². The van der Waals surface area contributed by atoms with Crippen LogP contribution in [0.25, 0.3) is 0 Å². The van der Waals surface area contributed by atoms with Gasteiger partial charge in [0.05, 0.1) is 5.92 Å². The maximum absolute atomic E-state index is 12.0. The standard InChI is InChI=1S/C17H24ClNO4/c1-17(2,3)23-16(21)19-10-9-14(15(20)22-12-18)11-13-7-5-4-6-8-13/h4-8,14H,9-12H2,1-3H3,(H,19,21). The first-order valence-electron chi connectivity index (χ1n) is 7.55. The smallest absolute Gasteiger partial charge is 0.407 e. The van der Waals surface area contributed by atoms with Crippen molar-refractivity contribution in [2.24, 2.45) is 5.92 Å². The summed E-state index contributed by atoms with van der Waals surface area (Å²) in [4.78, 5) is 23.6. The number of amides is 1. The lowest BCUT2D eigenvalue weighted by Gasteiger charge is -2.20. The largest absolute Gasteiger partial charge is 0.449 e. The zero-order chi connectivity index (χ0) is 17.3. The third-order valence-corrected chi connectivity index (χ3v) is 3.13. The number of benzene rings is 1. The highest BCUT2D eigenvalue weighted by Gasteiger charge is 2.21. The van der Waals surface area contributed by atoms with Gasteiger partial charge in [-0.3, -0.25) is 4.79 Å². The summed E-state index contributed by atoms with van der Waals surface area (Å²) in [5, 5.41) is 2.65. The van der Waals surface area contributed by atoms with Gasteiger partial charge in [-0.05, 0) is 39.2 Å². The van der Waals surface area contributed by atoms with Crippen molar-refractivity contribution in [3.05, 3.63) is 35.9 Å². The number of rotatable bonds is 7. The molecule has 1 atom stereocenters. The highest BCUT2D eigenvalue weighted by atomic mass is 35.5. The average molecular weight is 342 g/mol. The van der Waals surface area contributed by atoms with Crippen LogP contribution in [-0.4, -0.2) is 30.3 Å². The first-order valence-corrected chi connectivity index (χ1v) is 8.08. The van der Waals surface area contributed by atoms with E-state index in [1.54, 1.807) is 20.8 Å². The summed E-state index contributed by atoms with van der Waals surface area (Å²) in [7, 11) is 0. The van der Waals surface area contributed by atoms with Gasteiger partial charge in [0, 0.05) is 6.54 Å². The SMILES string of the molecule is CC(C)(C)OC(=O)NCCC(Cc1ccccc1)C(=O)OCCl. The van der Waals surface area contributed by atoms with Crippen molar-refractivity contribution < 1.29 is 19.1 Å². The van der Waals surface area contributed by atoms with Crippen molar-refractivity contribution in [1.29, 1.82) is 0 Å². The number of carbonyl (C=O) groups excluding carboxylic acids is 2. The molecule has 0 saturated heterocycles. The molecule has 1 aromatic carbocycles. The number of alkyl halides is 1. The van der Waals surface area contributed by atoms with E-state index >= 15 is 0 Å². The maximum atomic E-state index is 12.0. The van der Waals surface area contributed by atoms with Gasteiger partial charge in [-0.2, -0.15) is 0 Å². The van der Waals surface area contributed by atoms with E-state index < -0.39 is 11.7 Å². The van der Waals surface area contributed by atoms with Crippen LogP contribution >= 0.6 is 11.6 Å². The first kappa shape index (κ1) is 19.3. The highest BCUT2D eigenvalue weighted by molar-refractivity contribution is 6.17. The Labute approximate surface area is 142 Å². The molecule has 5 nitrogen and oxygen atoms in total. The Morgan fingerprint density at radius 2 is 1.87 bits per heavy atom. The van der Waals surface area contributed by atoms with E-state index in [2.05, 4.69) is 5.32 Å². The lowest BCUT2D eigenvalue weighted by atomic mass is 9.96. The fourth-order valence-electron chi connectivity index (χ4n) is 2.04. The second kappa shape index (κ2) is 9.40. The summed E-state index contributed by atoms with van der Waals surface area (Å²) < 4.78 is 10.1. The molecule has 0 fully saturated rings. The fourth-order valence-corrected chi connectivity index (χ4v) is 2.14. The molecule has 1 amide bonds. The minimum Gasteiger partial charge on any atom is -0.449 e. The molecule has 1 N–H and O–H groups in total. The summed E-state index contributed by atoms with van der Waals surface area (Å²) in [5.74, 6) is -0.735. The summed E-state index contributed by atoms with van der Waals surface area (Å²) >= 11 is 5.47. The normalized spacial score (nSPS) is 12.3. The first-order chi connectivity index (χ1) is 10.8. The molecule has 6 heteroatoms. The number of hydrogen-bond acceptors (Lipinski definition) is 4. The van der Waals surface area contributed by atoms with E-state index in [9.17, 15) is 9.59 Å². The summed E-state index contributed by atoms with van der Waals surface area (Å²) in [5.41, 5.74) is 0.478. The van der Waals surface area contributed by atoms with E-state index in [0.717, 1.165) is 5.56 Å². The molecule has 0 heterocycles. The lowest BCUT2D eigenvalue weighted by Crippen LogP contribution is -2.34. The number of alkyl carbamates (subject to hydrolysis) is 1. The molecule has 128 valence electrons. The summed E-state index contributed by atoms with van der Waals surface area (Å²) in [6.45, 7) is 5.71. The van der Waals surface area contributed by atoms with Gasteiger partial charge in [0.1, 0.15) is 5.60 Å². The zero-order valence-electron chi connectivity index (χ0n) is 13.8. The van der Waals surface area contributed by atoms with Crippen LogP contribution in [0.2, 0.25) is 0 Å². The second-order valence-corrected chi connectivity index (χ2v) is 6.39. The van der Waals surface area contributed by atoms with Crippen molar-refractivity contribution >= 4 is 23.7 Å². The Kier molecular flexibility index (Phi) is 7.89. The van der Waals surface area contributed by atoms with Crippen molar-refractivity contribution in [1.82, 2.24) is 5.32 Å². The minimum absolute atomic E-state index is 0.177. The molecule has 1 rings (SSSR count). The van der Waals surface area contributed by atoms with Gasteiger partial charge in [-0.25, -0.2) is 4.79 Å². The van der Waals surface area contributed by atoms with Crippen molar-refractivity contribution in [2.75, 3.05) is 12.6 Å². The Morgan fingerprint density at radius 1 is 1.22 bits per heavy atom. The Bertz CT molecular complexity index is 499. The van der Waals surface area contributed by atoms with Crippen molar-refractivity contribution in [2.45, 2.75) is 39.2 Å². The number of hydrogen-bond donors (Lipinski definition) is 1. The molecule has 0 bridgehead atoms. The monoisotopic (exact) mass is 341 g/mol. The highest BCUT2D eigenvalue weighted by Crippen LogP contribution is 2.14. The number of esters is 1. The molecule has 1 aromatic rings. The van der Waals surface area contributed by atoms with Crippen LogP contribution in [-0.2, 0) is 20.7 Å². The molecule has 0 aliphatic carbocycles. The van der Waals surface area contributed by atoms with Crippen LogP contribution in [0.5, 0.6) is 0 Å². The van der Waals surface area contributed by atoms with Gasteiger partial charge < -0.3 is 14.8 Å². The summed E-state index contributed by atoms with van der Waals surface area (Å²) in [6, 6.07) is 9.46. The van der Waals surface area contributed by atoms with Crippen LogP contribution in [0, 0.1) is 5.92 Å². The average Bonchev–Trinajstić information content (AvgIpc) is 2.45. The topological polar surface area (TPSA) is 64.6 Å². The number of halogens is 1. The molecule has 0 aliphatic rings. The van der Waals surface area contributed by atoms with Crippen LogP contribution in [0.3, 0.4) is 0 Å². The fraction of sp³-hybridized carbons (Fsp3) is 0.529. The van der Waals surface area contributed by atoms with Crippen LogP contribution < -0.4 is 5.32 Å². The minimum atomic E-state index is -0.551. The number of ether oxygens (including phenoxy) is 2. The van der Waals surface area contributed by atoms with Crippen molar-refractivity contribution in [3.63, 3.8) is 0 Å². The second-order valence-electron chi connectivity index (χ2n) is 6.18. The zero-order valence-corrected chi connectivity index (χ0v) is 14.6. The van der Waals surface area contributed by atoms with Crippen molar-refractivity contribution in [3.8, 4) is 0 Å². The van der Waals surface area contributed by atoms with E-state index in [1.165, 1.54) is 0 Å². The van der Waals surface area contributed by atoms with Gasteiger partial charge in [0.25, 0.3) is 0 Å². The molecular formula is C17H24ClNO4. The maximum Gasteiger partial charge on any atom is 0.407 e.